The van der Waals surface area contributed by atoms with Gasteiger partial charge in [-0.3, -0.25) is 14.9 Å². The van der Waals surface area contributed by atoms with Gasteiger partial charge >= 0.3 is 11.7 Å². The number of nitro benzene ring substituents is 1. The lowest BCUT2D eigenvalue weighted by Gasteiger charge is -2.13. The topological polar surface area (TPSA) is 111 Å². The first-order valence-corrected chi connectivity index (χ1v) is 7.23. The summed E-state index contributed by atoms with van der Waals surface area (Å²) in [5, 5.41) is 13.2. The molecule has 0 aliphatic heterocycles. The Morgan fingerprint density at radius 2 is 2.08 bits per heavy atom. The van der Waals surface area contributed by atoms with Crippen LogP contribution in [0.5, 0.6) is 0 Å². The SMILES string of the molecule is C[C@@H](OC(=O)c1ccc(Cl)nc1)C(=O)Nc1ccc(F)c([N+](=O)[O-])c1. The van der Waals surface area contributed by atoms with E-state index < -0.39 is 34.4 Å². The van der Waals surface area contributed by atoms with Crippen molar-refractivity contribution in [3.8, 4) is 0 Å². The zero-order valence-corrected chi connectivity index (χ0v) is 13.5. The van der Waals surface area contributed by atoms with Gasteiger partial charge in [0.25, 0.3) is 5.91 Å². The normalized spacial score (nSPS) is 11.5. The van der Waals surface area contributed by atoms with E-state index in [-0.39, 0.29) is 16.4 Å². The van der Waals surface area contributed by atoms with E-state index in [9.17, 15) is 24.1 Å². The molecule has 0 fully saturated rings. The highest BCUT2D eigenvalue weighted by atomic mass is 35.5. The summed E-state index contributed by atoms with van der Waals surface area (Å²) in [4.78, 5) is 37.4. The van der Waals surface area contributed by atoms with Crippen molar-refractivity contribution < 1.29 is 23.6 Å². The number of benzene rings is 1. The molecule has 25 heavy (non-hydrogen) atoms. The summed E-state index contributed by atoms with van der Waals surface area (Å²) in [6, 6.07) is 5.64. The zero-order valence-electron chi connectivity index (χ0n) is 12.7. The van der Waals surface area contributed by atoms with Crippen LogP contribution in [0.15, 0.2) is 36.5 Å². The number of amides is 1. The highest BCUT2D eigenvalue weighted by Crippen LogP contribution is 2.21. The first kappa shape index (κ1) is 18.3. The predicted octanol–water partition coefficient (Wildman–Crippen LogP) is 2.97. The molecule has 0 radical (unpaired) electrons. The number of nitrogens with zero attached hydrogens (tertiary/aromatic N) is 2. The second-order valence-electron chi connectivity index (χ2n) is 4.83. The molecule has 1 aromatic carbocycles. The van der Waals surface area contributed by atoms with Gasteiger partial charge in [0.05, 0.1) is 10.5 Å². The molecule has 0 unspecified atom stereocenters. The van der Waals surface area contributed by atoms with Gasteiger partial charge in [-0.15, -0.1) is 0 Å². The molecule has 1 atom stereocenters. The number of hydrogen-bond donors (Lipinski definition) is 1. The highest BCUT2D eigenvalue weighted by molar-refractivity contribution is 6.29. The van der Waals surface area contributed by atoms with E-state index in [0.29, 0.717) is 0 Å². The molecule has 10 heteroatoms. The van der Waals surface area contributed by atoms with E-state index >= 15 is 0 Å². The van der Waals surface area contributed by atoms with E-state index in [0.717, 1.165) is 18.2 Å². The van der Waals surface area contributed by atoms with Gasteiger partial charge in [-0.05, 0) is 31.2 Å². The third-order valence-electron chi connectivity index (χ3n) is 3.03. The Morgan fingerprint density at radius 1 is 1.36 bits per heavy atom. The van der Waals surface area contributed by atoms with E-state index in [2.05, 4.69) is 10.3 Å². The number of esters is 1. The number of carbonyl (C=O) groups excluding carboxylic acids is 2. The van der Waals surface area contributed by atoms with Crippen molar-refractivity contribution in [2.75, 3.05) is 5.32 Å². The lowest BCUT2D eigenvalue weighted by molar-refractivity contribution is -0.387. The van der Waals surface area contributed by atoms with Crippen LogP contribution < -0.4 is 5.32 Å². The maximum atomic E-state index is 13.3. The number of halogens is 2. The summed E-state index contributed by atoms with van der Waals surface area (Å²) in [5.74, 6) is -2.56. The van der Waals surface area contributed by atoms with Crippen molar-refractivity contribution in [1.82, 2.24) is 4.98 Å². The minimum absolute atomic E-state index is 0.00541. The Kier molecular flexibility index (Phi) is 5.60. The lowest BCUT2D eigenvalue weighted by atomic mass is 10.2. The summed E-state index contributed by atoms with van der Waals surface area (Å²) in [6.07, 6.45) is -0.00851. The van der Waals surface area contributed by atoms with Gasteiger partial charge in [0.1, 0.15) is 5.15 Å². The van der Waals surface area contributed by atoms with Gasteiger partial charge in [-0.1, -0.05) is 11.6 Å². The van der Waals surface area contributed by atoms with Crippen LogP contribution in [0.2, 0.25) is 5.15 Å². The van der Waals surface area contributed by atoms with Crippen molar-refractivity contribution in [3.05, 3.63) is 63.2 Å². The second kappa shape index (κ2) is 7.67. The van der Waals surface area contributed by atoms with Gasteiger partial charge in [0, 0.05) is 18.0 Å². The maximum Gasteiger partial charge on any atom is 0.340 e. The van der Waals surface area contributed by atoms with Crippen LogP contribution in [0, 0.1) is 15.9 Å². The predicted molar refractivity (Wildman–Crippen MR) is 85.8 cm³/mol. The zero-order chi connectivity index (χ0) is 18.6. The van der Waals surface area contributed by atoms with E-state index in [1.54, 1.807) is 0 Å². The fourth-order valence-corrected chi connectivity index (χ4v) is 1.86. The van der Waals surface area contributed by atoms with Crippen molar-refractivity contribution in [1.29, 1.82) is 0 Å². The quantitative estimate of drug-likeness (QED) is 0.376. The van der Waals surface area contributed by atoms with Gasteiger partial charge < -0.3 is 10.1 Å². The summed E-state index contributed by atoms with van der Waals surface area (Å²) in [7, 11) is 0. The van der Waals surface area contributed by atoms with Crippen LogP contribution in [-0.4, -0.2) is 27.9 Å². The minimum Gasteiger partial charge on any atom is -0.449 e. The van der Waals surface area contributed by atoms with Crippen molar-refractivity contribution >= 4 is 34.9 Å². The molecule has 0 saturated heterocycles. The minimum atomic E-state index is -1.20. The molecule has 130 valence electrons. The average Bonchev–Trinajstić information content (AvgIpc) is 2.56. The maximum absolute atomic E-state index is 13.3. The van der Waals surface area contributed by atoms with Gasteiger partial charge in [0.2, 0.25) is 5.82 Å². The molecular weight excluding hydrogens is 357 g/mol. The highest BCUT2D eigenvalue weighted by Gasteiger charge is 2.21. The fourth-order valence-electron chi connectivity index (χ4n) is 1.75. The smallest absolute Gasteiger partial charge is 0.340 e. The van der Waals surface area contributed by atoms with Crippen LogP contribution in [0.25, 0.3) is 0 Å². The second-order valence-corrected chi connectivity index (χ2v) is 5.22. The lowest BCUT2D eigenvalue weighted by Crippen LogP contribution is -2.30. The summed E-state index contributed by atoms with van der Waals surface area (Å²) >= 11 is 5.61. The average molecular weight is 368 g/mol. The molecule has 0 aliphatic rings. The summed E-state index contributed by atoms with van der Waals surface area (Å²) in [5.41, 5.74) is -0.690. The monoisotopic (exact) mass is 367 g/mol. The number of nitro groups is 1. The van der Waals surface area contributed by atoms with E-state index in [1.165, 1.54) is 25.3 Å². The number of pyridine rings is 1. The molecule has 0 saturated carbocycles. The molecule has 1 amide bonds. The fraction of sp³-hybridized carbons (Fsp3) is 0.133. The first-order valence-electron chi connectivity index (χ1n) is 6.85. The third kappa shape index (κ3) is 4.70. The van der Waals surface area contributed by atoms with Crippen LogP contribution in [0.4, 0.5) is 15.8 Å². The standard InChI is InChI=1S/C15H11ClFN3O5/c1-8(25-15(22)9-2-5-13(16)18-7-9)14(21)19-10-3-4-11(17)12(6-10)20(23)24/h2-8H,1H3,(H,19,21)/t8-/m1/s1. The summed E-state index contributed by atoms with van der Waals surface area (Å²) in [6.45, 7) is 1.31. The molecule has 0 aliphatic carbocycles. The Morgan fingerprint density at radius 3 is 2.68 bits per heavy atom. The molecule has 8 nitrogen and oxygen atoms in total. The molecule has 1 aromatic heterocycles. The number of hydrogen-bond acceptors (Lipinski definition) is 6. The molecule has 1 heterocycles. The molecule has 2 aromatic rings. The van der Waals surface area contributed by atoms with Crippen molar-refractivity contribution in [2.24, 2.45) is 0 Å². The van der Waals surface area contributed by atoms with Crippen molar-refractivity contribution in [3.63, 3.8) is 0 Å². The van der Waals surface area contributed by atoms with Crippen molar-refractivity contribution in [2.45, 2.75) is 13.0 Å². The number of rotatable bonds is 5. The number of nitrogens with one attached hydrogen (secondary N) is 1. The Bertz CT molecular complexity index is 828. The number of carbonyl (C=O) groups is 2. The largest absolute Gasteiger partial charge is 0.449 e. The number of ether oxygens (including phenoxy) is 1. The summed E-state index contributed by atoms with van der Waals surface area (Å²) < 4.78 is 18.2. The molecule has 2 rings (SSSR count). The van der Waals surface area contributed by atoms with Crippen LogP contribution in [0.1, 0.15) is 17.3 Å². The Labute approximate surface area is 145 Å². The van der Waals surface area contributed by atoms with Gasteiger partial charge in [0.15, 0.2) is 6.10 Å². The number of anilines is 1. The molecule has 0 bridgehead atoms. The molecular formula is C15H11ClFN3O5. The van der Waals surface area contributed by atoms with Crippen LogP contribution >= 0.6 is 11.6 Å². The van der Waals surface area contributed by atoms with Crippen LogP contribution in [0.3, 0.4) is 0 Å². The van der Waals surface area contributed by atoms with E-state index in [1.807, 2.05) is 0 Å². The van der Waals surface area contributed by atoms with Gasteiger partial charge in [-0.25, -0.2) is 9.78 Å². The molecule has 0 spiro atoms. The third-order valence-corrected chi connectivity index (χ3v) is 3.25. The first-order chi connectivity index (χ1) is 11.8. The Balaban J connectivity index is 2.03. The van der Waals surface area contributed by atoms with E-state index in [4.69, 9.17) is 16.3 Å². The number of aromatic nitrogens is 1. The van der Waals surface area contributed by atoms with Gasteiger partial charge in [-0.2, -0.15) is 4.39 Å². The Hall–Kier alpha value is -3.07. The van der Waals surface area contributed by atoms with Crippen LogP contribution in [-0.2, 0) is 9.53 Å². The molecule has 1 N–H and O–H groups in total.